The van der Waals surface area contributed by atoms with Crippen LogP contribution in [0.3, 0.4) is 0 Å². The third-order valence-corrected chi connectivity index (χ3v) is 2.69. The van der Waals surface area contributed by atoms with Gasteiger partial charge in [-0.2, -0.15) is 0 Å². The molecule has 0 heterocycles. The van der Waals surface area contributed by atoms with Crippen molar-refractivity contribution in [3.63, 3.8) is 0 Å². The number of hydrogen-bond donors (Lipinski definition) is 5. The molecule has 0 aliphatic rings. The fourth-order valence-electron chi connectivity index (χ4n) is 1.28. The summed E-state index contributed by atoms with van der Waals surface area (Å²) < 4.78 is 10.7. The van der Waals surface area contributed by atoms with Gasteiger partial charge in [0, 0.05) is 0 Å². The zero-order valence-corrected chi connectivity index (χ0v) is 9.67. The Bertz CT molecular complexity index is 441. The lowest BCUT2D eigenvalue weighted by molar-refractivity contribution is -0.119. The molecule has 1 atom stereocenters. The minimum absolute atomic E-state index is 0.0285. The molecule has 0 saturated carbocycles. The minimum atomic E-state index is -4.52. The van der Waals surface area contributed by atoms with E-state index in [1.165, 1.54) is 24.3 Å². The van der Waals surface area contributed by atoms with Crippen LogP contribution in [-0.2, 0) is 15.8 Å². The fourth-order valence-corrected chi connectivity index (χ4v) is 1.91. The SMILES string of the molecule is NC(=O)C(Cc1ccc(O)cc1)NP(=O)(O)O. The van der Waals surface area contributed by atoms with Crippen LogP contribution < -0.4 is 10.8 Å². The summed E-state index contributed by atoms with van der Waals surface area (Å²) in [6.45, 7) is 0. The van der Waals surface area contributed by atoms with Crippen molar-refractivity contribution in [3.8, 4) is 5.75 Å². The summed E-state index contributed by atoms with van der Waals surface area (Å²) >= 11 is 0. The van der Waals surface area contributed by atoms with Gasteiger partial charge in [-0.15, -0.1) is 0 Å². The van der Waals surface area contributed by atoms with Gasteiger partial charge in [0.15, 0.2) is 0 Å². The Morgan fingerprint density at radius 2 is 1.88 bits per heavy atom. The second-order valence-corrected chi connectivity index (χ2v) is 4.84. The Kier molecular flexibility index (Phi) is 4.25. The molecule has 0 aliphatic heterocycles. The highest BCUT2D eigenvalue weighted by Crippen LogP contribution is 2.29. The lowest BCUT2D eigenvalue weighted by Gasteiger charge is -2.16. The van der Waals surface area contributed by atoms with Gasteiger partial charge < -0.3 is 20.6 Å². The van der Waals surface area contributed by atoms with Crippen molar-refractivity contribution in [2.24, 2.45) is 5.73 Å². The topological polar surface area (TPSA) is 133 Å². The molecule has 0 spiro atoms. The van der Waals surface area contributed by atoms with Crippen molar-refractivity contribution >= 4 is 13.7 Å². The van der Waals surface area contributed by atoms with Gasteiger partial charge in [0.05, 0.1) is 0 Å². The van der Waals surface area contributed by atoms with Crippen LogP contribution in [0, 0.1) is 0 Å². The van der Waals surface area contributed by atoms with Gasteiger partial charge in [0.1, 0.15) is 11.8 Å². The van der Waals surface area contributed by atoms with Crippen molar-refractivity contribution in [2.75, 3.05) is 0 Å². The molecule has 6 N–H and O–H groups in total. The number of phenols is 1. The summed E-state index contributed by atoms with van der Waals surface area (Å²) in [5.41, 5.74) is 5.65. The zero-order valence-electron chi connectivity index (χ0n) is 8.78. The Morgan fingerprint density at radius 1 is 1.35 bits per heavy atom. The molecule has 0 bridgehead atoms. The molecule has 1 aromatic rings. The van der Waals surface area contributed by atoms with Crippen LogP contribution >= 0.6 is 7.75 Å². The maximum absolute atomic E-state index is 11.0. The molecular weight excluding hydrogens is 247 g/mol. The normalized spacial score (nSPS) is 13.3. The van der Waals surface area contributed by atoms with Crippen molar-refractivity contribution in [3.05, 3.63) is 29.8 Å². The van der Waals surface area contributed by atoms with E-state index < -0.39 is 19.7 Å². The molecule has 0 fully saturated rings. The summed E-state index contributed by atoms with van der Waals surface area (Å²) in [5.74, 6) is -0.797. The highest BCUT2D eigenvalue weighted by Gasteiger charge is 2.24. The minimum Gasteiger partial charge on any atom is -0.508 e. The van der Waals surface area contributed by atoms with Crippen molar-refractivity contribution < 1.29 is 24.3 Å². The smallest absolute Gasteiger partial charge is 0.401 e. The van der Waals surface area contributed by atoms with Gasteiger partial charge in [0.25, 0.3) is 0 Å². The van der Waals surface area contributed by atoms with Crippen molar-refractivity contribution in [1.29, 1.82) is 0 Å². The monoisotopic (exact) mass is 260 g/mol. The molecule has 1 amide bonds. The largest absolute Gasteiger partial charge is 0.508 e. The predicted molar refractivity (Wildman–Crippen MR) is 60.0 cm³/mol. The Morgan fingerprint density at radius 3 is 2.29 bits per heavy atom. The van der Waals surface area contributed by atoms with E-state index in [1.807, 2.05) is 5.09 Å². The van der Waals surface area contributed by atoms with E-state index >= 15 is 0 Å². The van der Waals surface area contributed by atoms with Gasteiger partial charge in [-0.05, 0) is 24.1 Å². The first-order valence-corrected chi connectivity index (χ1v) is 6.30. The maximum Gasteiger partial charge on any atom is 0.401 e. The molecule has 7 nitrogen and oxygen atoms in total. The molecule has 17 heavy (non-hydrogen) atoms. The van der Waals surface area contributed by atoms with Gasteiger partial charge in [-0.25, -0.2) is 9.65 Å². The van der Waals surface area contributed by atoms with Crippen LogP contribution in [0.25, 0.3) is 0 Å². The average molecular weight is 260 g/mol. The number of carbonyl (C=O) groups excluding carboxylic acids is 1. The summed E-state index contributed by atoms with van der Waals surface area (Å²) in [6.07, 6.45) is 0.0285. The molecule has 1 rings (SSSR count). The summed E-state index contributed by atoms with van der Waals surface area (Å²) in [4.78, 5) is 28.4. The first-order valence-electron chi connectivity index (χ1n) is 4.68. The first-order chi connectivity index (χ1) is 7.78. The third-order valence-electron chi connectivity index (χ3n) is 2.04. The Hall–Kier alpha value is -1.40. The van der Waals surface area contributed by atoms with Crippen LogP contribution in [-0.4, -0.2) is 26.8 Å². The first kappa shape index (κ1) is 13.7. The quantitative estimate of drug-likeness (QED) is 0.452. The van der Waals surface area contributed by atoms with Gasteiger partial charge in [-0.1, -0.05) is 12.1 Å². The van der Waals surface area contributed by atoms with Crippen molar-refractivity contribution in [2.45, 2.75) is 12.5 Å². The number of primary amides is 1. The second-order valence-electron chi connectivity index (χ2n) is 3.50. The molecule has 0 aromatic heterocycles. The van der Waals surface area contributed by atoms with E-state index in [4.69, 9.17) is 20.6 Å². The van der Waals surface area contributed by atoms with E-state index in [9.17, 15) is 9.36 Å². The zero-order chi connectivity index (χ0) is 13.1. The third kappa shape index (κ3) is 4.97. The fraction of sp³-hybridized carbons (Fsp3) is 0.222. The van der Waals surface area contributed by atoms with Gasteiger partial charge in [-0.3, -0.25) is 4.79 Å². The average Bonchev–Trinajstić information content (AvgIpc) is 2.18. The van der Waals surface area contributed by atoms with Crippen LogP contribution in [0.4, 0.5) is 0 Å². The molecule has 0 aliphatic carbocycles. The number of nitrogens with one attached hydrogen (secondary N) is 1. The van der Waals surface area contributed by atoms with Crippen LogP contribution in [0.5, 0.6) is 5.75 Å². The predicted octanol–water partition coefficient (Wildman–Crippen LogP) is -0.529. The summed E-state index contributed by atoms with van der Waals surface area (Å²) in [6, 6.07) is 4.72. The van der Waals surface area contributed by atoms with E-state index in [0.717, 1.165) is 0 Å². The number of carbonyl (C=O) groups is 1. The highest BCUT2D eigenvalue weighted by molar-refractivity contribution is 7.49. The molecule has 0 saturated heterocycles. The van der Waals surface area contributed by atoms with Gasteiger partial charge >= 0.3 is 7.75 Å². The van der Waals surface area contributed by atoms with E-state index in [1.54, 1.807) is 0 Å². The standard InChI is InChI=1S/C9H13N2O5P/c10-9(13)8(11-17(14,15)16)5-6-1-3-7(12)4-2-6/h1-4,8,12H,5H2,(H2,10,13)(H3,11,14,15,16). The summed E-state index contributed by atoms with van der Waals surface area (Å²) in [5, 5.41) is 10.9. The molecule has 1 unspecified atom stereocenters. The van der Waals surface area contributed by atoms with Crippen LogP contribution in [0.2, 0.25) is 0 Å². The lowest BCUT2D eigenvalue weighted by Crippen LogP contribution is -2.41. The molecule has 94 valence electrons. The molecular formula is C9H13N2O5P. The van der Waals surface area contributed by atoms with Crippen LogP contribution in [0.1, 0.15) is 5.56 Å². The Labute approximate surface area is 97.5 Å². The highest BCUT2D eigenvalue weighted by atomic mass is 31.2. The summed E-state index contributed by atoms with van der Waals surface area (Å²) in [7, 11) is -4.52. The number of aromatic hydroxyl groups is 1. The maximum atomic E-state index is 11.0. The van der Waals surface area contributed by atoms with E-state index in [2.05, 4.69) is 0 Å². The number of phenolic OH excluding ortho intramolecular Hbond substituents is 1. The number of hydrogen-bond acceptors (Lipinski definition) is 3. The van der Waals surface area contributed by atoms with Crippen molar-refractivity contribution in [1.82, 2.24) is 5.09 Å². The lowest BCUT2D eigenvalue weighted by atomic mass is 10.1. The van der Waals surface area contributed by atoms with Crippen LogP contribution in [0.15, 0.2) is 24.3 Å². The van der Waals surface area contributed by atoms with E-state index in [-0.39, 0.29) is 12.2 Å². The number of amides is 1. The Balaban J connectivity index is 2.77. The number of rotatable bonds is 5. The van der Waals surface area contributed by atoms with Gasteiger partial charge in [0.2, 0.25) is 5.91 Å². The van der Waals surface area contributed by atoms with E-state index in [0.29, 0.717) is 5.56 Å². The molecule has 1 aromatic carbocycles. The second kappa shape index (κ2) is 5.29. The molecule has 8 heteroatoms. The number of benzene rings is 1. The molecule has 0 radical (unpaired) electrons. The number of nitrogens with two attached hydrogens (primary N) is 1.